The fourth-order valence-corrected chi connectivity index (χ4v) is 1.87. The summed E-state index contributed by atoms with van der Waals surface area (Å²) < 4.78 is 5.13. The lowest BCUT2D eigenvalue weighted by molar-refractivity contribution is -0.123. The highest BCUT2D eigenvalue weighted by molar-refractivity contribution is 5.85. The van der Waals surface area contributed by atoms with Gasteiger partial charge in [0.1, 0.15) is 11.6 Å². The number of nitrogens with one attached hydrogen (secondary N) is 2. The van der Waals surface area contributed by atoms with E-state index < -0.39 is 17.7 Å². The number of carbonyl (C=O) groups excluding carboxylic acids is 2. The van der Waals surface area contributed by atoms with Crippen LogP contribution >= 0.6 is 0 Å². The SMILES string of the molecule is CCCCCCC(C)NC(=O)C(C)NC(=O)OC(C)(C)C. The topological polar surface area (TPSA) is 67.4 Å². The van der Waals surface area contributed by atoms with Gasteiger partial charge >= 0.3 is 6.09 Å². The van der Waals surface area contributed by atoms with Crippen molar-refractivity contribution in [2.75, 3.05) is 0 Å². The minimum Gasteiger partial charge on any atom is -0.444 e. The Morgan fingerprint density at radius 3 is 2.19 bits per heavy atom. The largest absolute Gasteiger partial charge is 0.444 e. The van der Waals surface area contributed by atoms with Gasteiger partial charge in [-0.3, -0.25) is 4.79 Å². The lowest BCUT2D eigenvalue weighted by atomic mass is 10.1. The monoisotopic (exact) mass is 300 g/mol. The summed E-state index contributed by atoms with van der Waals surface area (Å²) in [5.74, 6) is -0.177. The van der Waals surface area contributed by atoms with Crippen molar-refractivity contribution in [1.29, 1.82) is 0 Å². The predicted octanol–water partition coefficient (Wildman–Crippen LogP) is 3.37. The Morgan fingerprint density at radius 1 is 1.05 bits per heavy atom. The smallest absolute Gasteiger partial charge is 0.408 e. The number of hydrogen-bond donors (Lipinski definition) is 2. The molecule has 21 heavy (non-hydrogen) atoms. The molecule has 0 aliphatic rings. The van der Waals surface area contributed by atoms with Crippen molar-refractivity contribution in [2.45, 2.75) is 91.3 Å². The molecule has 0 aromatic heterocycles. The number of amides is 2. The quantitative estimate of drug-likeness (QED) is 0.675. The molecule has 0 spiro atoms. The van der Waals surface area contributed by atoms with Gasteiger partial charge in [-0.15, -0.1) is 0 Å². The van der Waals surface area contributed by atoms with Crippen LogP contribution in [-0.4, -0.2) is 29.7 Å². The molecule has 2 N–H and O–H groups in total. The second-order valence-corrected chi connectivity index (χ2v) is 6.63. The molecule has 5 nitrogen and oxygen atoms in total. The Kier molecular flexibility index (Phi) is 9.06. The second kappa shape index (κ2) is 9.64. The average Bonchev–Trinajstić information content (AvgIpc) is 2.32. The molecule has 2 unspecified atom stereocenters. The van der Waals surface area contributed by atoms with Gasteiger partial charge in [-0.25, -0.2) is 4.79 Å². The van der Waals surface area contributed by atoms with Gasteiger partial charge in [0.25, 0.3) is 0 Å². The predicted molar refractivity (Wildman–Crippen MR) is 85.2 cm³/mol. The lowest BCUT2D eigenvalue weighted by Crippen LogP contribution is -2.48. The molecule has 0 saturated heterocycles. The Morgan fingerprint density at radius 2 is 1.67 bits per heavy atom. The second-order valence-electron chi connectivity index (χ2n) is 6.63. The molecule has 124 valence electrons. The van der Waals surface area contributed by atoms with Crippen LogP contribution in [0.25, 0.3) is 0 Å². The van der Waals surface area contributed by atoms with Crippen LogP contribution in [0.2, 0.25) is 0 Å². The fourth-order valence-electron chi connectivity index (χ4n) is 1.87. The van der Waals surface area contributed by atoms with Gasteiger partial charge < -0.3 is 15.4 Å². The van der Waals surface area contributed by atoms with Crippen LogP contribution in [0, 0.1) is 0 Å². The van der Waals surface area contributed by atoms with Crippen molar-refractivity contribution in [3.63, 3.8) is 0 Å². The third kappa shape index (κ3) is 11.1. The highest BCUT2D eigenvalue weighted by Crippen LogP contribution is 2.07. The van der Waals surface area contributed by atoms with E-state index in [0.29, 0.717) is 0 Å². The highest BCUT2D eigenvalue weighted by atomic mass is 16.6. The van der Waals surface area contributed by atoms with Crippen molar-refractivity contribution in [1.82, 2.24) is 10.6 Å². The van der Waals surface area contributed by atoms with Gasteiger partial charge in [0.2, 0.25) is 5.91 Å². The Hall–Kier alpha value is -1.26. The van der Waals surface area contributed by atoms with Gasteiger partial charge in [0, 0.05) is 6.04 Å². The zero-order chi connectivity index (χ0) is 16.5. The maximum atomic E-state index is 12.0. The molecule has 0 saturated carbocycles. The zero-order valence-electron chi connectivity index (χ0n) is 14.4. The van der Waals surface area contributed by atoms with E-state index in [-0.39, 0.29) is 11.9 Å². The minimum atomic E-state index is -0.599. The van der Waals surface area contributed by atoms with E-state index in [1.54, 1.807) is 27.7 Å². The molecule has 0 radical (unpaired) electrons. The highest BCUT2D eigenvalue weighted by Gasteiger charge is 2.21. The van der Waals surface area contributed by atoms with Crippen molar-refractivity contribution in [3.05, 3.63) is 0 Å². The number of carbonyl (C=O) groups is 2. The number of alkyl carbamates (subject to hydrolysis) is 1. The normalized spacial score (nSPS) is 14.2. The van der Waals surface area contributed by atoms with Gasteiger partial charge in [0.05, 0.1) is 0 Å². The van der Waals surface area contributed by atoms with E-state index in [4.69, 9.17) is 4.74 Å². The first-order chi connectivity index (χ1) is 9.65. The van der Waals surface area contributed by atoms with Crippen molar-refractivity contribution in [3.8, 4) is 0 Å². The number of rotatable bonds is 8. The maximum absolute atomic E-state index is 12.0. The molecular weight excluding hydrogens is 268 g/mol. The first-order valence-electron chi connectivity index (χ1n) is 7.95. The summed E-state index contributed by atoms with van der Waals surface area (Å²) in [6.45, 7) is 11.2. The van der Waals surface area contributed by atoms with Crippen LogP contribution < -0.4 is 10.6 Å². The fraction of sp³-hybridized carbons (Fsp3) is 0.875. The summed E-state index contributed by atoms with van der Waals surface area (Å²) in [4.78, 5) is 23.6. The average molecular weight is 300 g/mol. The Labute approximate surface area is 129 Å². The number of unbranched alkanes of at least 4 members (excludes halogenated alkanes) is 3. The first kappa shape index (κ1) is 19.7. The van der Waals surface area contributed by atoms with E-state index in [1.165, 1.54) is 19.3 Å². The minimum absolute atomic E-state index is 0.122. The van der Waals surface area contributed by atoms with Crippen LogP contribution in [0.1, 0.15) is 73.6 Å². The van der Waals surface area contributed by atoms with Gasteiger partial charge in [-0.1, -0.05) is 32.6 Å². The molecule has 2 atom stereocenters. The van der Waals surface area contributed by atoms with Crippen molar-refractivity contribution >= 4 is 12.0 Å². The molecule has 5 heteroatoms. The summed E-state index contributed by atoms with van der Waals surface area (Å²) >= 11 is 0. The summed E-state index contributed by atoms with van der Waals surface area (Å²) in [5.41, 5.74) is -0.563. The Balaban J connectivity index is 4.01. The molecule has 2 amide bonds. The van der Waals surface area contributed by atoms with E-state index in [0.717, 1.165) is 12.8 Å². The van der Waals surface area contributed by atoms with E-state index in [2.05, 4.69) is 17.6 Å². The molecule has 0 rings (SSSR count). The molecule has 0 aliphatic carbocycles. The summed E-state index contributed by atoms with van der Waals surface area (Å²) in [7, 11) is 0. The van der Waals surface area contributed by atoms with E-state index in [1.807, 2.05) is 6.92 Å². The van der Waals surface area contributed by atoms with Crippen LogP contribution in [0.4, 0.5) is 4.79 Å². The zero-order valence-corrected chi connectivity index (χ0v) is 14.4. The summed E-state index contributed by atoms with van der Waals surface area (Å²) in [6, 6.07) is -0.477. The third-order valence-electron chi connectivity index (χ3n) is 3.01. The molecule has 0 aromatic rings. The molecule has 0 fully saturated rings. The van der Waals surface area contributed by atoms with Gasteiger partial charge in [0.15, 0.2) is 0 Å². The van der Waals surface area contributed by atoms with Crippen LogP contribution in [0.15, 0.2) is 0 Å². The lowest BCUT2D eigenvalue weighted by Gasteiger charge is -2.22. The summed E-state index contributed by atoms with van der Waals surface area (Å²) in [5, 5.41) is 5.46. The maximum Gasteiger partial charge on any atom is 0.408 e. The molecule has 0 bridgehead atoms. The number of ether oxygens (including phenoxy) is 1. The standard InChI is InChI=1S/C16H32N2O3/c1-7-8-9-10-11-12(2)17-14(19)13(3)18-15(20)21-16(4,5)6/h12-13H,7-11H2,1-6H3,(H,17,19)(H,18,20). The van der Waals surface area contributed by atoms with E-state index in [9.17, 15) is 9.59 Å². The Bertz CT molecular complexity index is 324. The first-order valence-corrected chi connectivity index (χ1v) is 7.95. The molecule has 0 aromatic carbocycles. The molecule has 0 heterocycles. The summed E-state index contributed by atoms with van der Waals surface area (Å²) in [6.07, 6.45) is 5.14. The van der Waals surface area contributed by atoms with Crippen LogP contribution in [0.5, 0.6) is 0 Å². The van der Waals surface area contributed by atoms with Crippen molar-refractivity contribution < 1.29 is 14.3 Å². The van der Waals surface area contributed by atoms with Crippen molar-refractivity contribution in [2.24, 2.45) is 0 Å². The molecular formula is C16H32N2O3. The van der Waals surface area contributed by atoms with Gasteiger partial charge in [-0.2, -0.15) is 0 Å². The van der Waals surface area contributed by atoms with Crippen LogP contribution in [-0.2, 0) is 9.53 Å². The van der Waals surface area contributed by atoms with Crippen LogP contribution in [0.3, 0.4) is 0 Å². The molecule has 0 aliphatic heterocycles. The number of hydrogen-bond acceptors (Lipinski definition) is 3. The third-order valence-corrected chi connectivity index (χ3v) is 3.01. The van der Waals surface area contributed by atoms with Gasteiger partial charge in [-0.05, 0) is 41.0 Å². The van der Waals surface area contributed by atoms with E-state index >= 15 is 0 Å².